The normalized spacial score (nSPS) is 31.6. The van der Waals surface area contributed by atoms with Crippen LogP contribution < -0.4 is 5.32 Å². The van der Waals surface area contributed by atoms with E-state index in [0.717, 1.165) is 5.92 Å². The molecule has 0 amide bonds. The first-order chi connectivity index (χ1) is 7.69. The lowest BCUT2D eigenvalue weighted by Gasteiger charge is -2.48. The number of hydrogen-bond donors (Lipinski definition) is 1. The average Bonchev–Trinajstić information content (AvgIpc) is 2.29. The highest BCUT2D eigenvalue weighted by Crippen LogP contribution is 2.44. The molecule has 1 heteroatoms. The van der Waals surface area contributed by atoms with E-state index in [9.17, 15) is 0 Å². The summed E-state index contributed by atoms with van der Waals surface area (Å²) in [4.78, 5) is 0. The highest BCUT2D eigenvalue weighted by Gasteiger charge is 2.42. The first kappa shape index (κ1) is 10.3. The van der Waals surface area contributed by atoms with Crippen molar-refractivity contribution in [3.63, 3.8) is 0 Å². The van der Waals surface area contributed by atoms with Crippen LogP contribution in [0.2, 0.25) is 0 Å². The molecule has 1 aromatic rings. The molecule has 0 bridgehead atoms. The van der Waals surface area contributed by atoms with Crippen molar-refractivity contribution in [3.05, 3.63) is 35.4 Å². The molecule has 1 aliphatic heterocycles. The minimum Gasteiger partial charge on any atom is -0.313 e. The second-order valence-electron chi connectivity index (χ2n) is 5.89. The Balaban J connectivity index is 2.07. The van der Waals surface area contributed by atoms with Crippen LogP contribution in [0.1, 0.15) is 37.8 Å². The molecule has 1 N–H and O–H groups in total. The summed E-state index contributed by atoms with van der Waals surface area (Å²) in [5.74, 6) is 0.816. The number of piperidine rings is 1. The third kappa shape index (κ3) is 1.41. The molecule has 1 fully saturated rings. The van der Waals surface area contributed by atoms with Gasteiger partial charge in [-0.25, -0.2) is 0 Å². The quantitative estimate of drug-likeness (QED) is 0.701. The summed E-state index contributed by atoms with van der Waals surface area (Å²) in [6.45, 7) is 6.06. The molecule has 0 unspecified atom stereocenters. The van der Waals surface area contributed by atoms with Gasteiger partial charge in [-0.3, -0.25) is 0 Å². The third-order valence-electron chi connectivity index (χ3n) is 4.66. The molecule has 1 aliphatic carbocycles. The summed E-state index contributed by atoms with van der Waals surface area (Å²) in [7, 11) is 0. The van der Waals surface area contributed by atoms with Crippen LogP contribution in [0.5, 0.6) is 0 Å². The van der Waals surface area contributed by atoms with Gasteiger partial charge in [0.05, 0.1) is 0 Å². The topological polar surface area (TPSA) is 12.0 Å². The molecule has 1 aromatic carbocycles. The van der Waals surface area contributed by atoms with Gasteiger partial charge in [0.1, 0.15) is 0 Å². The van der Waals surface area contributed by atoms with E-state index in [0.29, 0.717) is 11.5 Å². The molecular weight excluding hydrogens is 194 g/mol. The van der Waals surface area contributed by atoms with Crippen LogP contribution in [0.25, 0.3) is 0 Å². The zero-order valence-electron chi connectivity index (χ0n) is 10.3. The number of benzene rings is 1. The van der Waals surface area contributed by atoms with Gasteiger partial charge < -0.3 is 5.32 Å². The molecule has 3 rings (SSSR count). The SMILES string of the molecule is CC1(C)c2ccccc2C[C@H]2NCCC[C@H]21. The molecule has 0 saturated carbocycles. The fourth-order valence-corrected chi connectivity index (χ4v) is 3.79. The fourth-order valence-electron chi connectivity index (χ4n) is 3.79. The van der Waals surface area contributed by atoms with Crippen LogP contribution in [0.3, 0.4) is 0 Å². The van der Waals surface area contributed by atoms with E-state index < -0.39 is 0 Å². The molecule has 16 heavy (non-hydrogen) atoms. The summed E-state index contributed by atoms with van der Waals surface area (Å²) < 4.78 is 0. The lowest BCUT2D eigenvalue weighted by molar-refractivity contribution is 0.168. The summed E-state index contributed by atoms with van der Waals surface area (Å²) in [6.07, 6.45) is 3.95. The first-order valence-electron chi connectivity index (χ1n) is 6.51. The van der Waals surface area contributed by atoms with E-state index in [1.165, 1.54) is 25.8 Å². The fraction of sp³-hybridized carbons (Fsp3) is 0.600. The molecule has 1 nitrogen and oxygen atoms in total. The lowest BCUT2D eigenvalue weighted by atomic mass is 9.61. The molecular formula is C15H21N. The number of fused-ring (bicyclic) bond motifs is 2. The zero-order valence-corrected chi connectivity index (χ0v) is 10.3. The standard InChI is InChI=1S/C15H21N/c1-15(2)12-7-4-3-6-11(12)10-14-13(15)8-5-9-16-14/h3-4,6-7,13-14,16H,5,8-10H2,1-2H3/t13-,14-/m1/s1. The Bertz CT molecular complexity index is 394. The van der Waals surface area contributed by atoms with Crippen molar-refractivity contribution in [2.75, 3.05) is 6.54 Å². The van der Waals surface area contributed by atoms with Gasteiger partial charge in [0.25, 0.3) is 0 Å². The number of rotatable bonds is 0. The van der Waals surface area contributed by atoms with Crippen LogP contribution in [0.15, 0.2) is 24.3 Å². The van der Waals surface area contributed by atoms with Gasteiger partial charge in [-0.1, -0.05) is 38.1 Å². The van der Waals surface area contributed by atoms with Crippen molar-refractivity contribution in [2.24, 2.45) is 5.92 Å². The van der Waals surface area contributed by atoms with Crippen molar-refractivity contribution >= 4 is 0 Å². The van der Waals surface area contributed by atoms with Gasteiger partial charge >= 0.3 is 0 Å². The van der Waals surface area contributed by atoms with Crippen molar-refractivity contribution < 1.29 is 0 Å². The summed E-state index contributed by atoms with van der Waals surface area (Å²) >= 11 is 0. The summed E-state index contributed by atoms with van der Waals surface area (Å²) in [6, 6.07) is 9.72. The van der Waals surface area contributed by atoms with Crippen LogP contribution in [-0.4, -0.2) is 12.6 Å². The van der Waals surface area contributed by atoms with Crippen molar-refractivity contribution in [3.8, 4) is 0 Å². The molecule has 2 atom stereocenters. The summed E-state index contributed by atoms with van der Waals surface area (Å²) in [5, 5.41) is 3.72. The molecule has 0 spiro atoms. The number of nitrogens with one attached hydrogen (secondary N) is 1. The van der Waals surface area contributed by atoms with Gasteiger partial charge in [0, 0.05) is 6.04 Å². The maximum Gasteiger partial charge on any atom is 0.0144 e. The van der Waals surface area contributed by atoms with Crippen molar-refractivity contribution in [1.29, 1.82) is 0 Å². The predicted molar refractivity (Wildman–Crippen MR) is 67.7 cm³/mol. The molecule has 0 radical (unpaired) electrons. The average molecular weight is 215 g/mol. The zero-order chi connectivity index (χ0) is 11.2. The molecule has 2 aliphatic rings. The van der Waals surface area contributed by atoms with Gasteiger partial charge in [0.2, 0.25) is 0 Å². The van der Waals surface area contributed by atoms with E-state index in [1.807, 2.05) is 0 Å². The van der Waals surface area contributed by atoms with E-state index >= 15 is 0 Å². The van der Waals surface area contributed by atoms with Gasteiger partial charge in [-0.2, -0.15) is 0 Å². The Morgan fingerprint density at radius 1 is 1.25 bits per heavy atom. The monoisotopic (exact) mass is 215 g/mol. The maximum absolute atomic E-state index is 3.72. The Labute approximate surface area is 98.3 Å². The Kier molecular flexibility index (Phi) is 2.32. The Morgan fingerprint density at radius 3 is 2.94 bits per heavy atom. The van der Waals surface area contributed by atoms with E-state index in [-0.39, 0.29) is 0 Å². The third-order valence-corrected chi connectivity index (χ3v) is 4.66. The van der Waals surface area contributed by atoms with Crippen molar-refractivity contribution in [2.45, 2.75) is 44.6 Å². The highest BCUT2D eigenvalue weighted by atomic mass is 14.9. The minimum absolute atomic E-state index is 0.340. The molecule has 1 saturated heterocycles. The maximum atomic E-state index is 3.72. The predicted octanol–water partition coefficient (Wildman–Crippen LogP) is 2.89. The Hall–Kier alpha value is -0.820. The van der Waals surface area contributed by atoms with Gasteiger partial charge in [-0.15, -0.1) is 0 Å². The lowest BCUT2D eigenvalue weighted by Crippen LogP contribution is -2.53. The molecule has 1 heterocycles. The van der Waals surface area contributed by atoms with Gasteiger partial charge in [-0.05, 0) is 48.3 Å². The first-order valence-corrected chi connectivity index (χ1v) is 6.51. The van der Waals surface area contributed by atoms with Crippen LogP contribution >= 0.6 is 0 Å². The van der Waals surface area contributed by atoms with Crippen LogP contribution in [-0.2, 0) is 11.8 Å². The van der Waals surface area contributed by atoms with Crippen LogP contribution in [0.4, 0.5) is 0 Å². The minimum atomic E-state index is 0.340. The van der Waals surface area contributed by atoms with Crippen molar-refractivity contribution in [1.82, 2.24) is 5.32 Å². The van der Waals surface area contributed by atoms with Gasteiger partial charge in [0.15, 0.2) is 0 Å². The second kappa shape index (κ2) is 3.59. The molecule has 0 aromatic heterocycles. The smallest absolute Gasteiger partial charge is 0.0144 e. The van der Waals surface area contributed by atoms with E-state index in [4.69, 9.17) is 0 Å². The molecule has 86 valence electrons. The van der Waals surface area contributed by atoms with E-state index in [1.54, 1.807) is 11.1 Å². The van der Waals surface area contributed by atoms with E-state index in [2.05, 4.69) is 43.4 Å². The summed E-state index contributed by atoms with van der Waals surface area (Å²) in [5.41, 5.74) is 3.48. The second-order valence-corrected chi connectivity index (χ2v) is 5.89. The van der Waals surface area contributed by atoms with Crippen LogP contribution in [0, 0.1) is 5.92 Å². The highest BCUT2D eigenvalue weighted by molar-refractivity contribution is 5.38. The Morgan fingerprint density at radius 2 is 2.06 bits per heavy atom. The largest absolute Gasteiger partial charge is 0.313 e. The number of hydrogen-bond acceptors (Lipinski definition) is 1.